The summed E-state index contributed by atoms with van der Waals surface area (Å²) < 4.78 is 25.7. The molecular weight excluding hydrogens is 1180 g/mol. The molecule has 0 saturated heterocycles. The second kappa shape index (κ2) is 42.4. The maximum atomic E-state index is 13.2. The number of hydrogen-bond acceptors (Lipinski definition) is 12. The Morgan fingerprint density at radius 3 is 1.25 bits per heavy atom. The molecule has 2 aromatic carbocycles. The van der Waals surface area contributed by atoms with Crippen LogP contribution >= 0.6 is 21.6 Å². The molecule has 0 aromatic heterocycles. The summed E-state index contributed by atoms with van der Waals surface area (Å²) in [5.41, 5.74) is 7.80. The summed E-state index contributed by atoms with van der Waals surface area (Å²) in [6.45, 7) is 40.2. The van der Waals surface area contributed by atoms with E-state index in [-0.39, 0.29) is 60.5 Å². The normalized spacial score (nSPS) is 17.7. The molecule has 0 saturated carbocycles. The van der Waals surface area contributed by atoms with Gasteiger partial charge in [-0.25, -0.2) is 0 Å². The molecule has 0 radical (unpaired) electrons. The van der Waals surface area contributed by atoms with E-state index in [9.17, 15) is 19.2 Å². The molecule has 0 bridgehead atoms. The number of ether oxygens (including phenoxy) is 4. The maximum absolute atomic E-state index is 13.2. The zero-order valence-electron chi connectivity index (χ0n) is 62.1. The molecule has 92 heavy (non-hydrogen) atoms. The number of carbonyl (C=O) groups excluding carboxylic acids is 4. The summed E-state index contributed by atoms with van der Waals surface area (Å²) >= 11 is 0. The first kappa shape index (κ1) is 81.2. The number of benzene rings is 2. The van der Waals surface area contributed by atoms with Gasteiger partial charge in [-0.05, 0) is 222 Å². The predicted octanol–water partition coefficient (Wildman–Crippen LogP) is 20.1. The number of rotatable bonds is 48. The third-order valence-electron chi connectivity index (χ3n) is 20.8. The molecule has 11 nitrogen and oxygen atoms in total. The van der Waals surface area contributed by atoms with Crippen LogP contribution in [-0.2, 0) is 32.0 Å². The highest BCUT2D eigenvalue weighted by atomic mass is 33.1. The number of nitrogens with zero attached hydrogens (tertiary/aromatic N) is 2. The molecular formula is C79H135N3O8S2. The minimum Gasteiger partial charge on any atom is -0.487 e. The van der Waals surface area contributed by atoms with Crippen LogP contribution in [0.25, 0.3) is 0 Å². The molecule has 1 N–H and O–H groups in total. The summed E-state index contributed by atoms with van der Waals surface area (Å²) in [5, 5.41) is 3.00. The van der Waals surface area contributed by atoms with Gasteiger partial charge in [-0.15, -0.1) is 0 Å². The van der Waals surface area contributed by atoms with Crippen LogP contribution in [0.15, 0.2) is 0 Å². The van der Waals surface area contributed by atoms with Gasteiger partial charge < -0.3 is 34.1 Å². The fourth-order valence-electron chi connectivity index (χ4n) is 13.8. The van der Waals surface area contributed by atoms with Gasteiger partial charge in [0.2, 0.25) is 5.91 Å². The number of carbonyl (C=O) groups is 4. The lowest BCUT2D eigenvalue weighted by Crippen LogP contribution is -2.37. The fourth-order valence-corrected chi connectivity index (χ4v) is 16.0. The van der Waals surface area contributed by atoms with E-state index in [4.69, 9.17) is 18.9 Å². The van der Waals surface area contributed by atoms with E-state index in [1.165, 1.54) is 103 Å². The summed E-state index contributed by atoms with van der Waals surface area (Å²) in [6, 6.07) is 0. The quantitative estimate of drug-likeness (QED) is 0.0294. The van der Waals surface area contributed by atoms with Crippen molar-refractivity contribution < 1.29 is 38.1 Å². The smallest absolute Gasteiger partial charge is 0.311 e. The van der Waals surface area contributed by atoms with Crippen LogP contribution in [0.5, 0.6) is 23.0 Å². The Kier molecular flexibility index (Phi) is 37.4. The highest BCUT2D eigenvalue weighted by Gasteiger charge is 2.37. The van der Waals surface area contributed by atoms with Crippen molar-refractivity contribution in [3.63, 3.8) is 0 Å². The first-order valence-electron chi connectivity index (χ1n) is 37.0. The monoisotopic (exact) mass is 1320 g/mol. The van der Waals surface area contributed by atoms with Crippen LogP contribution < -0.4 is 24.3 Å². The molecule has 1 amide bonds. The first-order valence-corrected chi connectivity index (χ1v) is 39.5. The zero-order valence-corrected chi connectivity index (χ0v) is 63.7. The lowest BCUT2D eigenvalue weighted by molar-refractivity contribution is -0.136. The average Bonchev–Trinajstić information content (AvgIpc) is 0.771. The van der Waals surface area contributed by atoms with Gasteiger partial charge in [-0.1, -0.05) is 167 Å². The lowest BCUT2D eigenvalue weighted by Gasteiger charge is -2.38. The predicted molar refractivity (Wildman–Crippen MR) is 392 cm³/mol. The molecule has 2 aliphatic heterocycles. The minimum atomic E-state index is -0.384. The molecule has 0 aliphatic carbocycles. The highest BCUT2D eigenvalue weighted by molar-refractivity contribution is 8.76. The number of unbranched alkanes of at least 4 members (excludes halogenated alkanes) is 1. The minimum absolute atomic E-state index is 0.0320. The van der Waals surface area contributed by atoms with E-state index in [0.29, 0.717) is 24.5 Å². The van der Waals surface area contributed by atoms with Gasteiger partial charge in [0.25, 0.3) is 0 Å². The Morgan fingerprint density at radius 2 is 0.837 bits per heavy atom. The SMILES string of the molecule is Cc1c(C)c2c(c(C)c1OC(=O)CCC(=O)CCCCN(C)CCSSCCN(C)CCCNC(=O)CCC(=O)Oc1c(C)c(C)c3c(c1C)CCC(C)(CCCC(C)CCCC(C)CCCC(C)C)O3)CCC(C)(CCCC(C)CCCC(C)CCCC(C)C)O2. The van der Waals surface area contributed by atoms with Crippen molar-refractivity contribution in [2.45, 2.75) is 315 Å². The Bertz CT molecular complexity index is 2380. The van der Waals surface area contributed by atoms with Gasteiger partial charge in [0, 0.05) is 61.5 Å². The maximum Gasteiger partial charge on any atom is 0.311 e. The number of nitrogens with one attached hydrogen (secondary N) is 1. The second-order valence-corrected chi connectivity index (χ2v) is 33.4. The van der Waals surface area contributed by atoms with Crippen molar-refractivity contribution in [2.75, 3.05) is 58.3 Å². The molecule has 2 heterocycles. The second-order valence-electron chi connectivity index (χ2n) is 30.7. The van der Waals surface area contributed by atoms with Crippen LogP contribution in [0.3, 0.4) is 0 Å². The van der Waals surface area contributed by atoms with Gasteiger partial charge in [0.1, 0.15) is 40.0 Å². The van der Waals surface area contributed by atoms with Crippen molar-refractivity contribution in [3.8, 4) is 23.0 Å². The third-order valence-corrected chi connectivity index (χ3v) is 23.1. The Morgan fingerprint density at radius 1 is 0.457 bits per heavy atom. The summed E-state index contributed by atoms with van der Waals surface area (Å²) in [5.74, 6) is 9.24. The van der Waals surface area contributed by atoms with Crippen LogP contribution in [0.4, 0.5) is 0 Å². The zero-order chi connectivity index (χ0) is 68.0. The van der Waals surface area contributed by atoms with E-state index in [1.54, 1.807) is 0 Å². The van der Waals surface area contributed by atoms with Gasteiger partial charge in [-0.3, -0.25) is 19.2 Å². The molecule has 2 aromatic rings. The summed E-state index contributed by atoms with van der Waals surface area (Å²) in [7, 11) is 8.04. The Hall–Kier alpha value is -3.26. The molecule has 2 aliphatic rings. The largest absolute Gasteiger partial charge is 0.487 e. The number of ketones is 1. The number of amides is 1. The molecule has 4 rings (SSSR count). The Labute approximate surface area is 571 Å². The van der Waals surface area contributed by atoms with Crippen molar-refractivity contribution in [1.29, 1.82) is 0 Å². The molecule has 6 unspecified atom stereocenters. The van der Waals surface area contributed by atoms with Crippen molar-refractivity contribution in [3.05, 3.63) is 44.5 Å². The van der Waals surface area contributed by atoms with Crippen LogP contribution in [0.1, 0.15) is 294 Å². The summed E-state index contributed by atoms with van der Waals surface area (Å²) in [4.78, 5) is 56.6. The summed E-state index contributed by atoms with van der Waals surface area (Å²) in [6.07, 6.45) is 30.3. The van der Waals surface area contributed by atoms with Crippen LogP contribution in [0, 0.1) is 77.0 Å². The lowest BCUT2D eigenvalue weighted by atomic mass is 9.83. The van der Waals surface area contributed by atoms with Crippen molar-refractivity contribution in [1.82, 2.24) is 15.1 Å². The fraction of sp³-hybridized carbons (Fsp3) is 0.797. The molecule has 13 heteroatoms. The Balaban J connectivity index is 0.998. The molecule has 0 spiro atoms. The molecule has 526 valence electrons. The van der Waals surface area contributed by atoms with E-state index >= 15 is 0 Å². The van der Waals surface area contributed by atoms with E-state index in [1.807, 2.05) is 49.3 Å². The number of esters is 2. The van der Waals surface area contributed by atoms with Crippen LogP contribution in [-0.4, -0.2) is 103 Å². The van der Waals surface area contributed by atoms with E-state index in [0.717, 1.165) is 187 Å². The number of Topliss-reactive ketones (excluding diaryl/α,β-unsaturated/α-hetero) is 1. The molecule has 6 atom stereocenters. The van der Waals surface area contributed by atoms with Crippen molar-refractivity contribution >= 4 is 45.2 Å². The van der Waals surface area contributed by atoms with E-state index < -0.39 is 0 Å². The third kappa shape index (κ3) is 30.0. The topological polar surface area (TPSA) is 124 Å². The average molecular weight is 1320 g/mol. The van der Waals surface area contributed by atoms with Gasteiger partial charge in [0.15, 0.2) is 0 Å². The standard InChI is InChI=1S/C79H135N3O8S2/c1-56(2)28-21-30-58(5)32-23-34-60(7)36-25-45-78(15)47-43-69-66(13)74(62(9)64(11)76(69)89-78)87-72(85)41-39-68(83)38-19-20-50-81(17)52-54-91-92-55-53-82(18)51-27-49-80-71(84)40-42-73(86)88-75-63(10)65(12)77-70(67(75)14)44-48-79(16,90-77)46-26-37-61(8)35-24-33-59(6)31-22-29-57(3)4/h56-61H,19-55H2,1-18H3,(H,80,84). The number of hydrogen-bond donors (Lipinski definition) is 1. The van der Waals surface area contributed by atoms with Gasteiger partial charge in [-0.2, -0.15) is 0 Å². The van der Waals surface area contributed by atoms with E-state index in [2.05, 4.69) is 112 Å². The van der Waals surface area contributed by atoms with Gasteiger partial charge >= 0.3 is 11.9 Å². The first-order chi connectivity index (χ1) is 43.6. The number of fused-ring (bicyclic) bond motifs is 2. The van der Waals surface area contributed by atoms with Crippen LogP contribution in [0.2, 0.25) is 0 Å². The van der Waals surface area contributed by atoms with Gasteiger partial charge in [0.05, 0.1) is 12.8 Å². The van der Waals surface area contributed by atoms with Crippen molar-refractivity contribution in [2.24, 2.45) is 35.5 Å². The highest BCUT2D eigenvalue weighted by Crippen LogP contribution is 2.47. The molecule has 0 fully saturated rings.